The Kier molecular flexibility index (Phi) is 6.10. The molecule has 0 amide bonds. The minimum absolute atomic E-state index is 0.748. The van der Waals surface area contributed by atoms with Gasteiger partial charge in [-0.15, -0.1) is 0 Å². The van der Waals surface area contributed by atoms with Gasteiger partial charge in [0.25, 0.3) is 0 Å². The SMILES string of the molecule is O=C(O)[C@@H]1[O][Sb]2([O][Sb]34[O][C@H]([C@H](O)CO)[C@H]([O]3)[C@H](C(=O)O)[O]4)[O][C@H]([C@H](O)CO)[C@@H]1[O]2. The van der Waals surface area contributed by atoms with E-state index in [9.17, 15) is 30.0 Å². The molecule has 0 saturated carbocycles. The Bertz CT molecular complexity index is 638. The fourth-order valence-corrected chi connectivity index (χ4v) is 23.5. The van der Waals surface area contributed by atoms with E-state index in [1.54, 1.807) is 0 Å². The molecule has 6 N–H and O–H groups in total. The standard InChI is InChI=1S/2C6H9O7.O.2Sb/c2*7-1-2(8)3(9)4(10)5(11)6(12)13;;;/h2*2-5,7-8H,1H2,(H,12,13);;;/q2*-3;;2*+3/t2*2-,3-,4+,5-;;;/m11.../s1. The quantitative estimate of drug-likeness (QED) is 0.136. The van der Waals surface area contributed by atoms with Gasteiger partial charge in [-0.3, -0.25) is 0 Å². The molecule has 0 aliphatic carbocycles. The maximum atomic E-state index is 11.5. The number of hydrogen-bond donors (Lipinski definition) is 6. The van der Waals surface area contributed by atoms with Crippen molar-refractivity contribution in [2.24, 2.45) is 0 Å². The summed E-state index contributed by atoms with van der Waals surface area (Å²) < 4.78 is 38.5. The first-order chi connectivity index (χ1) is 13.6. The van der Waals surface area contributed by atoms with E-state index >= 15 is 0 Å². The molecule has 29 heavy (non-hydrogen) atoms. The molecule has 17 heteroatoms. The van der Waals surface area contributed by atoms with Crippen LogP contribution in [0.2, 0.25) is 0 Å². The Morgan fingerprint density at radius 2 is 1.14 bits per heavy atom. The van der Waals surface area contributed by atoms with Crippen molar-refractivity contribution in [1.82, 2.24) is 0 Å². The zero-order valence-electron chi connectivity index (χ0n) is 14.3. The number of aliphatic carboxylic acids is 2. The minimum atomic E-state index is -5.13. The summed E-state index contributed by atoms with van der Waals surface area (Å²) >= 11 is -10.3. The summed E-state index contributed by atoms with van der Waals surface area (Å²) in [5, 5.41) is 56.8. The van der Waals surface area contributed by atoms with E-state index in [0.717, 1.165) is 0 Å². The number of rotatable bonds is 8. The first kappa shape index (κ1) is 22.3. The topological polar surface area (TPSA) is 220 Å². The van der Waals surface area contributed by atoms with Crippen LogP contribution in [-0.2, 0) is 29.0 Å². The van der Waals surface area contributed by atoms with Gasteiger partial charge in [-0.25, -0.2) is 0 Å². The summed E-state index contributed by atoms with van der Waals surface area (Å²) in [5.74, 6) is -2.84. The Labute approximate surface area is 174 Å². The maximum absolute atomic E-state index is 11.5. The first-order valence-corrected chi connectivity index (χ1v) is 16.6. The van der Waals surface area contributed by atoms with Crippen LogP contribution in [0.5, 0.6) is 0 Å². The monoisotopic (exact) mass is 644 g/mol. The molecule has 15 nitrogen and oxygen atoms in total. The number of carboxylic acids is 2. The summed E-state index contributed by atoms with van der Waals surface area (Å²) in [5.41, 5.74) is 0. The second-order valence-corrected chi connectivity index (χ2v) is 18.8. The van der Waals surface area contributed by atoms with Crippen molar-refractivity contribution in [2.75, 3.05) is 13.2 Å². The second kappa shape index (κ2) is 7.92. The molecule has 4 saturated heterocycles. The van der Waals surface area contributed by atoms with Crippen molar-refractivity contribution in [3.63, 3.8) is 0 Å². The van der Waals surface area contributed by atoms with Crippen LogP contribution in [0.1, 0.15) is 0 Å². The van der Waals surface area contributed by atoms with Crippen LogP contribution in [0.25, 0.3) is 0 Å². The molecule has 4 aliphatic heterocycles. The zero-order valence-corrected chi connectivity index (χ0v) is 19.4. The Hall–Kier alpha value is 0.136. The van der Waals surface area contributed by atoms with E-state index in [1.165, 1.54) is 0 Å². The third-order valence-electron chi connectivity index (χ3n) is 4.55. The normalized spacial score (nSPS) is 47.4. The van der Waals surface area contributed by atoms with E-state index in [0.29, 0.717) is 0 Å². The molecule has 4 bridgehead atoms. The number of carbonyl (C=O) groups is 2. The molecular weight excluding hydrogens is 628 g/mol. The summed E-state index contributed by atoms with van der Waals surface area (Å²) in [4.78, 5) is 22.9. The van der Waals surface area contributed by atoms with Gasteiger partial charge >= 0.3 is 175 Å². The number of aliphatic hydroxyl groups excluding tert-OH is 4. The van der Waals surface area contributed by atoms with Crippen molar-refractivity contribution >= 4 is 52.9 Å². The van der Waals surface area contributed by atoms with Crippen LogP contribution in [0.3, 0.4) is 0 Å². The summed E-state index contributed by atoms with van der Waals surface area (Å²) in [6, 6.07) is 0. The van der Waals surface area contributed by atoms with Gasteiger partial charge in [-0.05, 0) is 0 Å². The molecule has 4 aliphatic rings. The molecule has 4 rings (SSSR count). The van der Waals surface area contributed by atoms with E-state index in [4.69, 9.17) is 29.6 Å². The van der Waals surface area contributed by atoms with Crippen LogP contribution < -0.4 is 0 Å². The van der Waals surface area contributed by atoms with Crippen molar-refractivity contribution in [3.05, 3.63) is 0 Å². The van der Waals surface area contributed by atoms with Crippen molar-refractivity contribution in [2.45, 2.75) is 48.8 Å². The van der Waals surface area contributed by atoms with Crippen LogP contribution in [0, 0.1) is 0 Å². The molecular formula is C12H18O15Sb2. The van der Waals surface area contributed by atoms with Crippen LogP contribution in [0.15, 0.2) is 0 Å². The molecule has 0 aromatic carbocycles. The second-order valence-electron chi connectivity index (χ2n) is 6.48. The molecule has 166 valence electrons. The molecule has 0 spiro atoms. The van der Waals surface area contributed by atoms with E-state index in [1.807, 2.05) is 0 Å². The predicted molar refractivity (Wildman–Crippen MR) is 83.3 cm³/mol. The number of fused-ring (bicyclic) bond motifs is 4. The average molecular weight is 646 g/mol. The molecule has 10 atom stereocenters. The Morgan fingerprint density at radius 3 is 1.45 bits per heavy atom. The predicted octanol–water partition coefficient (Wildman–Crippen LogP) is -4.88. The Balaban J connectivity index is 1.59. The van der Waals surface area contributed by atoms with Gasteiger partial charge in [0.1, 0.15) is 0 Å². The molecule has 0 aromatic heterocycles. The van der Waals surface area contributed by atoms with Gasteiger partial charge in [-0.2, -0.15) is 0 Å². The van der Waals surface area contributed by atoms with Gasteiger partial charge < -0.3 is 0 Å². The van der Waals surface area contributed by atoms with Gasteiger partial charge in [-0.1, -0.05) is 0 Å². The van der Waals surface area contributed by atoms with Gasteiger partial charge in [0.2, 0.25) is 0 Å². The summed E-state index contributed by atoms with van der Waals surface area (Å²) in [6.45, 7) is -1.50. The molecule has 0 aromatic rings. The third-order valence-corrected chi connectivity index (χ3v) is 21.8. The average Bonchev–Trinajstić information content (AvgIpc) is 3.42. The molecule has 2 unspecified atom stereocenters. The van der Waals surface area contributed by atoms with Crippen molar-refractivity contribution < 1.29 is 59.6 Å². The van der Waals surface area contributed by atoms with Gasteiger partial charge in [0.15, 0.2) is 0 Å². The summed E-state index contributed by atoms with van der Waals surface area (Å²) in [6.07, 6.45) is -11.2. The number of aliphatic hydroxyl groups is 4. The number of carboxylic acid groups (broad SMARTS) is 2. The van der Waals surface area contributed by atoms with Crippen molar-refractivity contribution in [3.8, 4) is 0 Å². The molecule has 4 heterocycles. The van der Waals surface area contributed by atoms with E-state index < -0.39 is 115 Å². The Morgan fingerprint density at radius 1 is 0.759 bits per heavy atom. The molecule has 4 fully saturated rings. The summed E-state index contributed by atoms with van der Waals surface area (Å²) in [7, 11) is 0. The van der Waals surface area contributed by atoms with E-state index in [2.05, 4.69) is 0 Å². The first-order valence-electron chi connectivity index (χ1n) is 8.27. The van der Waals surface area contributed by atoms with Crippen LogP contribution in [0.4, 0.5) is 0 Å². The third kappa shape index (κ3) is 3.69. The van der Waals surface area contributed by atoms with Gasteiger partial charge in [0.05, 0.1) is 0 Å². The van der Waals surface area contributed by atoms with Gasteiger partial charge in [0, 0.05) is 0 Å². The zero-order chi connectivity index (χ0) is 21.1. The van der Waals surface area contributed by atoms with Crippen LogP contribution in [-0.4, -0.2) is 146 Å². The number of hydrogen-bond acceptors (Lipinski definition) is 13. The fourth-order valence-electron chi connectivity index (χ4n) is 3.23. The van der Waals surface area contributed by atoms with Crippen LogP contribution >= 0.6 is 0 Å². The van der Waals surface area contributed by atoms with E-state index in [-0.39, 0.29) is 0 Å². The van der Waals surface area contributed by atoms with Crippen molar-refractivity contribution in [1.29, 1.82) is 0 Å². The molecule has 2 radical (unpaired) electrons. The fraction of sp³-hybridized carbons (Fsp3) is 0.833.